The molecule has 0 amide bonds. The van der Waals surface area contributed by atoms with Crippen LogP contribution in [-0.4, -0.2) is 44.1 Å². The average Bonchev–Trinajstić information content (AvgIpc) is 2.54. The highest BCUT2D eigenvalue weighted by atomic mass is 19.4. The Morgan fingerprint density at radius 2 is 1.54 bits per heavy atom. The van der Waals surface area contributed by atoms with Gasteiger partial charge in [0.25, 0.3) is 0 Å². The van der Waals surface area contributed by atoms with E-state index in [9.17, 15) is 31.1 Å². The average molecular weight is 392 g/mol. The van der Waals surface area contributed by atoms with Crippen molar-refractivity contribution in [3.05, 3.63) is 12.2 Å². The van der Waals surface area contributed by atoms with Crippen molar-refractivity contribution in [3.8, 4) is 0 Å². The molecule has 0 bridgehead atoms. The number of halogens is 6. The van der Waals surface area contributed by atoms with Crippen LogP contribution >= 0.6 is 0 Å². The molecule has 0 aromatic rings. The number of rotatable bonds is 14. The number of hydrogen-bond acceptors (Lipinski definition) is 3. The number of ether oxygens (including phenoxy) is 2. The van der Waals surface area contributed by atoms with Gasteiger partial charge in [0.15, 0.2) is 6.17 Å². The maximum Gasteiger partial charge on any atom is 0.392 e. The van der Waals surface area contributed by atoms with Crippen LogP contribution in [0.15, 0.2) is 12.2 Å². The first-order valence-corrected chi connectivity index (χ1v) is 8.55. The zero-order valence-corrected chi connectivity index (χ0v) is 14.8. The largest absolute Gasteiger partial charge is 0.460 e. The quantitative estimate of drug-likeness (QED) is 0.172. The van der Waals surface area contributed by atoms with E-state index >= 15 is 0 Å². The standard InChI is InChI=1S/C17H26F6O3/c1-3-4-5-6-7-8-9-25-10-11-26-15(24)13(2)17(22,23)14(18)12-16(19,20)21/h14H,2-12H2,1H3. The van der Waals surface area contributed by atoms with E-state index in [1.165, 1.54) is 6.42 Å². The highest BCUT2D eigenvalue weighted by Crippen LogP contribution is 2.36. The smallest absolute Gasteiger partial charge is 0.392 e. The van der Waals surface area contributed by atoms with Gasteiger partial charge in [0.05, 0.1) is 13.0 Å². The third-order valence-electron chi connectivity index (χ3n) is 3.56. The Balaban J connectivity index is 3.99. The predicted octanol–water partition coefficient (Wildman–Crippen LogP) is 5.39. The first-order chi connectivity index (χ1) is 12.0. The van der Waals surface area contributed by atoms with E-state index in [0.29, 0.717) is 6.61 Å². The van der Waals surface area contributed by atoms with Crippen molar-refractivity contribution in [2.75, 3.05) is 19.8 Å². The summed E-state index contributed by atoms with van der Waals surface area (Å²) >= 11 is 0. The number of alkyl halides is 6. The van der Waals surface area contributed by atoms with Crippen molar-refractivity contribution in [3.63, 3.8) is 0 Å². The Bertz CT molecular complexity index is 423. The monoisotopic (exact) mass is 392 g/mol. The van der Waals surface area contributed by atoms with Gasteiger partial charge < -0.3 is 9.47 Å². The SMILES string of the molecule is C=C(C(=O)OCCOCCCCCCCC)C(F)(F)C(F)CC(F)(F)F. The van der Waals surface area contributed by atoms with Gasteiger partial charge in [0, 0.05) is 6.61 Å². The summed E-state index contributed by atoms with van der Waals surface area (Å²) in [4.78, 5) is 11.4. The summed E-state index contributed by atoms with van der Waals surface area (Å²) in [5.41, 5.74) is -1.65. The van der Waals surface area contributed by atoms with Crippen molar-refractivity contribution in [1.29, 1.82) is 0 Å². The molecule has 0 saturated carbocycles. The number of hydrogen-bond donors (Lipinski definition) is 0. The van der Waals surface area contributed by atoms with Crippen LogP contribution < -0.4 is 0 Å². The molecule has 0 saturated heterocycles. The summed E-state index contributed by atoms with van der Waals surface area (Å²) in [5.74, 6) is -6.31. The van der Waals surface area contributed by atoms with Crippen LogP contribution in [0.25, 0.3) is 0 Å². The summed E-state index contributed by atoms with van der Waals surface area (Å²) < 4.78 is 85.7. The molecule has 1 atom stereocenters. The maximum absolute atomic E-state index is 13.5. The van der Waals surface area contributed by atoms with Gasteiger partial charge in [-0.1, -0.05) is 45.6 Å². The fourth-order valence-electron chi connectivity index (χ4n) is 2.02. The lowest BCUT2D eigenvalue weighted by Gasteiger charge is -2.22. The molecule has 0 heterocycles. The third-order valence-corrected chi connectivity index (χ3v) is 3.56. The van der Waals surface area contributed by atoms with E-state index in [-0.39, 0.29) is 13.2 Å². The van der Waals surface area contributed by atoms with E-state index in [1.54, 1.807) is 0 Å². The minimum Gasteiger partial charge on any atom is -0.460 e. The van der Waals surface area contributed by atoms with Crippen LogP contribution in [0.5, 0.6) is 0 Å². The molecule has 0 N–H and O–H groups in total. The van der Waals surface area contributed by atoms with Crippen LogP contribution in [0, 0.1) is 0 Å². The number of carbonyl (C=O) groups excluding carboxylic acids is 1. The van der Waals surface area contributed by atoms with Gasteiger partial charge in [0.1, 0.15) is 12.2 Å². The minimum atomic E-state index is -5.13. The Morgan fingerprint density at radius 1 is 0.962 bits per heavy atom. The van der Waals surface area contributed by atoms with Gasteiger partial charge in [-0.15, -0.1) is 0 Å². The zero-order chi connectivity index (χ0) is 20.2. The van der Waals surface area contributed by atoms with Crippen molar-refractivity contribution in [2.24, 2.45) is 0 Å². The maximum atomic E-state index is 13.5. The molecule has 3 nitrogen and oxygen atoms in total. The van der Waals surface area contributed by atoms with Crippen molar-refractivity contribution < 1.29 is 40.6 Å². The molecule has 0 aromatic carbocycles. The van der Waals surface area contributed by atoms with E-state index in [2.05, 4.69) is 18.2 Å². The molecule has 0 rings (SSSR count). The van der Waals surface area contributed by atoms with Gasteiger partial charge in [-0.3, -0.25) is 0 Å². The lowest BCUT2D eigenvalue weighted by molar-refractivity contribution is -0.174. The highest BCUT2D eigenvalue weighted by Gasteiger charge is 2.51. The molecule has 0 radical (unpaired) electrons. The van der Waals surface area contributed by atoms with E-state index in [1.807, 2.05) is 0 Å². The molecule has 0 aliphatic heterocycles. The predicted molar refractivity (Wildman–Crippen MR) is 84.8 cm³/mol. The lowest BCUT2D eigenvalue weighted by Crippen LogP contribution is -2.38. The Morgan fingerprint density at radius 3 is 2.12 bits per heavy atom. The van der Waals surface area contributed by atoms with Crippen molar-refractivity contribution in [1.82, 2.24) is 0 Å². The van der Waals surface area contributed by atoms with Gasteiger partial charge in [0.2, 0.25) is 0 Å². The second kappa shape index (κ2) is 12.2. The second-order valence-electron chi connectivity index (χ2n) is 5.90. The molecule has 0 aromatic heterocycles. The van der Waals surface area contributed by atoms with Gasteiger partial charge in [-0.2, -0.15) is 22.0 Å². The molecule has 0 spiro atoms. The number of unbranched alkanes of at least 4 members (excludes halogenated alkanes) is 5. The Kier molecular flexibility index (Phi) is 11.6. The Hall–Kier alpha value is -1.25. The van der Waals surface area contributed by atoms with E-state index in [0.717, 1.165) is 32.1 Å². The fourth-order valence-corrected chi connectivity index (χ4v) is 2.02. The molecule has 154 valence electrons. The zero-order valence-electron chi connectivity index (χ0n) is 14.8. The highest BCUT2D eigenvalue weighted by molar-refractivity contribution is 5.89. The second-order valence-corrected chi connectivity index (χ2v) is 5.90. The third kappa shape index (κ3) is 10.7. The van der Waals surface area contributed by atoms with Gasteiger partial charge >= 0.3 is 18.1 Å². The van der Waals surface area contributed by atoms with Crippen LogP contribution in [0.3, 0.4) is 0 Å². The topological polar surface area (TPSA) is 35.5 Å². The van der Waals surface area contributed by atoms with E-state index < -0.39 is 36.2 Å². The molecular formula is C17H26F6O3. The first kappa shape index (κ1) is 24.8. The summed E-state index contributed by atoms with van der Waals surface area (Å²) in [6, 6.07) is 0. The molecular weight excluding hydrogens is 366 g/mol. The van der Waals surface area contributed by atoms with Crippen molar-refractivity contribution >= 4 is 5.97 Å². The first-order valence-electron chi connectivity index (χ1n) is 8.55. The molecule has 0 fully saturated rings. The van der Waals surface area contributed by atoms with Crippen LogP contribution in [-0.2, 0) is 14.3 Å². The van der Waals surface area contributed by atoms with Crippen LogP contribution in [0.4, 0.5) is 26.3 Å². The molecule has 26 heavy (non-hydrogen) atoms. The normalized spacial score (nSPS) is 13.5. The summed E-state index contributed by atoms with van der Waals surface area (Å²) in [5, 5.41) is 0. The van der Waals surface area contributed by atoms with Crippen LogP contribution in [0.1, 0.15) is 51.9 Å². The molecule has 9 heteroatoms. The summed E-state index contributed by atoms with van der Waals surface area (Å²) in [6.07, 6.45) is -4.77. The summed E-state index contributed by atoms with van der Waals surface area (Å²) in [7, 11) is 0. The summed E-state index contributed by atoms with van der Waals surface area (Å²) in [6.45, 7) is 4.76. The van der Waals surface area contributed by atoms with Crippen LogP contribution in [0.2, 0.25) is 0 Å². The van der Waals surface area contributed by atoms with E-state index in [4.69, 9.17) is 4.74 Å². The minimum absolute atomic E-state index is 0.0544. The molecule has 0 aliphatic rings. The van der Waals surface area contributed by atoms with Gasteiger partial charge in [-0.05, 0) is 6.42 Å². The van der Waals surface area contributed by atoms with Gasteiger partial charge in [-0.25, -0.2) is 9.18 Å². The molecule has 1 unspecified atom stereocenters. The Labute approximate surface area is 149 Å². The van der Waals surface area contributed by atoms with Crippen molar-refractivity contribution in [2.45, 2.75) is 70.1 Å². The lowest BCUT2D eigenvalue weighted by atomic mass is 10.0. The number of carbonyl (C=O) groups is 1. The molecule has 0 aliphatic carbocycles. The number of esters is 1. The fraction of sp³-hybridized carbons (Fsp3) is 0.824.